The number of benzene rings is 2. The van der Waals surface area contributed by atoms with Gasteiger partial charge in [-0.2, -0.15) is 0 Å². The van der Waals surface area contributed by atoms with Crippen LogP contribution in [0.4, 0.5) is 0 Å². The van der Waals surface area contributed by atoms with Gasteiger partial charge in [-0.15, -0.1) is 0 Å². The number of hydrogen-bond acceptors (Lipinski definition) is 6. The van der Waals surface area contributed by atoms with E-state index in [9.17, 15) is 29.1 Å². The Morgan fingerprint density at radius 3 is 2.08 bits per heavy atom. The number of carbonyl (C=O) groups excluding carboxylic acids is 5. The van der Waals surface area contributed by atoms with Crippen LogP contribution in [-0.2, 0) is 29.6 Å². The maximum atomic E-state index is 13.7. The van der Waals surface area contributed by atoms with Gasteiger partial charge in [-0.3, -0.25) is 24.0 Å². The maximum Gasteiger partial charge on any atom is 0.287 e. The van der Waals surface area contributed by atoms with E-state index in [2.05, 4.69) is 16.0 Å². The van der Waals surface area contributed by atoms with Crippen LogP contribution in [0, 0.1) is 11.8 Å². The van der Waals surface area contributed by atoms with Gasteiger partial charge < -0.3 is 26.8 Å². The van der Waals surface area contributed by atoms with E-state index in [-0.39, 0.29) is 24.7 Å². The average molecular weight is 521 g/mol. The number of fused-ring (bicyclic) bond motifs is 3. The Labute approximate surface area is 220 Å². The molecule has 2 aliphatic rings. The van der Waals surface area contributed by atoms with Crippen molar-refractivity contribution in [2.75, 3.05) is 6.54 Å². The number of ketones is 1. The quantitative estimate of drug-likeness (QED) is 0.286. The Hall–Kier alpha value is -4.05. The molecule has 2 aromatic carbocycles. The van der Waals surface area contributed by atoms with E-state index in [1.54, 1.807) is 24.3 Å². The molecule has 2 aromatic rings. The highest BCUT2D eigenvalue weighted by Gasteiger charge is 2.48. The summed E-state index contributed by atoms with van der Waals surface area (Å²) in [5.74, 6) is -4.63. The minimum absolute atomic E-state index is 0.0465. The predicted octanol–water partition coefficient (Wildman–Crippen LogP) is 0.499. The third kappa shape index (κ3) is 5.04. The second-order valence-corrected chi connectivity index (χ2v) is 10.3. The Balaban J connectivity index is 1.60. The lowest BCUT2D eigenvalue weighted by atomic mass is 9.89. The van der Waals surface area contributed by atoms with Crippen molar-refractivity contribution in [1.82, 2.24) is 16.0 Å². The van der Waals surface area contributed by atoms with Crippen LogP contribution < -0.4 is 21.7 Å². The molecule has 1 saturated heterocycles. The zero-order valence-corrected chi connectivity index (χ0v) is 21.3. The van der Waals surface area contributed by atoms with Crippen molar-refractivity contribution >= 4 is 29.4 Å². The number of amides is 4. The van der Waals surface area contributed by atoms with Gasteiger partial charge in [0.25, 0.3) is 11.8 Å². The fourth-order valence-corrected chi connectivity index (χ4v) is 5.25. The molecule has 1 aliphatic heterocycles. The van der Waals surface area contributed by atoms with Crippen LogP contribution in [-0.4, -0.2) is 53.1 Å². The maximum absolute atomic E-state index is 13.7. The second kappa shape index (κ2) is 10.7. The molecule has 4 rings (SSSR count). The summed E-state index contributed by atoms with van der Waals surface area (Å²) >= 11 is 0. The normalized spacial score (nSPS) is 18.6. The summed E-state index contributed by atoms with van der Waals surface area (Å²) in [5.41, 5.74) is 5.40. The SMILES string of the molecule is CC(C)C[C@@H](NC(=O)C1(O)c2ccccc2-c2ccccc21)C(=O)N[C@H](C[C@@H]1CCNC1=O)C(=O)C(N)=O. The molecule has 10 nitrogen and oxygen atoms in total. The number of nitrogens with one attached hydrogen (secondary N) is 3. The van der Waals surface area contributed by atoms with E-state index < -0.39 is 47.1 Å². The van der Waals surface area contributed by atoms with Crippen molar-refractivity contribution in [1.29, 1.82) is 0 Å². The zero-order valence-electron chi connectivity index (χ0n) is 21.3. The molecule has 0 saturated carbocycles. The van der Waals surface area contributed by atoms with E-state index in [4.69, 9.17) is 5.73 Å². The van der Waals surface area contributed by atoms with E-state index in [0.717, 1.165) is 0 Å². The minimum atomic E-state index is -2.03. The van der Waals surface area contributed by atoms with Gasteiger partial charge >= 0.3 is 0 Å². The second-order valence-electron chi connectivity index (χ2n) is 10.3. The fraction of sp³-hybridized carbons (Fsp3) is 0.393. The number of carbonyl (C=O) groups is 5. The molecular formula is C28H32N4O6. The lowest BCUT2D eigenvalue weighted by Gasteiger charge is -2.29. The largest absolute Gasteiger partial charge is 0.372 e. The molecule has 0 radical (unpaired) electrons. The molecule has 38 heavy (non-hydrogen) atoms. The molecule has 0 aromatic heterocycles. The van der Waals surface area contributed by atoms with Gasteiger partial charge in [-0.25, -0.2) is 0 Å². The van der Waals surface area contributed by atoms with E-state index in [1.165, 1.54) is 0 Å². The Morgan fingerprint density at radius 1 is 1.00 bits per heavy atom. The van der Waals surface area contributed by atoms with E-state index >= 15 is 0 Å². The third-order valence-electron chi connectivity index (χ3n) is 7.14. The van der Waals surface area contributed by atoms with Gasteiger partial charge in [0.2, 0.25) is 17.6 Å². The minimum Gasteiger partial charge on any atom is -0.372 e. The van der Waals surface area contributed by atoms with Crippen molar-refractivity contribution in [2.24, 2.45) is 17.6 Å². The Bertz CT molecular complexity index is 1240. The van der Waals surface area contributed by atoms with Crippen LogP contribution in [0.15, 0.2) is 48.5 Å². The van der Waals surface area contributed by atoms with Gasteiger partial charge in [0, 0.05) is 23.6 Å². The van der Waals surface area contributed by atoms with Crippen molar-refractivity contribution in [3.8, 4) is 11.1 Å². The summed E-state index contributed by atoms with van der Waals surface area (Å²) in [6.07, 6.45) is 0.556. The zero-order chi connectivity index (χ0) is 27.6. The highest BCUT2D eigenvalue weighted by Crippen LogP contribution is 2.47. The van der Waals surface area contributed by atoms with Crippen molar-refractivity contribution in [2.45, 2.75) is 50.8 Å². The summed E-state index contributed by atoms with van der Waals surface area (Å²) in [7, 11) is 0. The number of primary amides is 1. The van der Waals surface area contributed by atoms with Crippen LogP contribution in [0.3, 0.4) is 0 Å². The fourth-order valence-electron chi connectivity index (χ4n) is 5.25. The van der Waals surface area contributed by atoms with E-state index in [1.807, 2.05) is 38.1 Å². The molecule has 3 atom stereocenters. The summed E-state index contributed by atoms with van der Waals surface area (Å²) < 4.78 is 0. The molecule has 1 heterocycles. The summed E-state index contributed by atoms with van der Waals surface area (Å²) in [6, 6.07) is 11.6. The molecule has 1 fully saturated rings. The molecule has 0 bridgehead atoms. The first-order valence-electron chi connectivity index (χ1n) is 12.7. The van der Waals surface area contributed by atoms with Crippen LogP contribution in [0.1, 0.15) is 44.2 Å². The van der Waals surface area contributed by atoms with Crippen LogP contribution in [0.2, 0.25) is 0 Å². The number of rotatable bonds is 10. The highest BCUT2D eigenvalue weighted by atomic mass is 16.3. The van der Waals surface area contributed by atoms with Gasteiger partial charge in [0.05, 0.1) is 6.04 Å². The van der Waals surface area contributed by atoms with Gasteiger partial charge in [-0.05, 0) is 36.3 Å². The highest BCUT2D eigenvalue weighted by molar-refractivity contribution is 6.38. The summed E-state index contributed by atoms with van der Waals surface area (Å²) in [6.45, 7) is 4.15. The van der Waals surface area contributed by atoms with Gasteiger partial charge in [-0.1, -0.05) is 62.4 Å². The molecule has 10 heteroatoms. The predicted molar refractivity (Wildman–Crippen MR) is 138 cm³/mol. The smallest absolute Gasteiger partial charge is 0.287 e. The first kappa shape index (κ1) is 27.0. The molecule has 4 amide bonds. The first-order chi connectivity index (χ1) is 18.0. The molecule has 0 spiro atoms. The Kier molecular flexibility index (Phi) is 7.63. The van der Waals surface area contributed by atoms with Crippen LogP contribution in [0.25, 0.3) is 11.1 Å². The topological polar surface area (TPSA) is 168 Å². The molecule has 200 valence electrons. The molecule has 1 aliphatic carbocycles. The number of Topliss-reactive ketones (excluding diaryl/α,β-unsaturated/α-hetero) is 1. The standard InChI is InChI=1S/C28H32N4O6/c1-15(2)13-22(26(36)31-21(23(33)24(29)34)14-16-11-12-30-25(16)35)32-27(37)28(38)19-9-5-3-7-17(19)18-8-4-6-10-20(18)28/h3-10,15-16,21-22,38H,11-14H2,1-2H3,(H2,29,34)(H,30,35)(H,31,36)(H,32,37)/t16-,21+,22+/m0/s1. The number of hydrogen-bond donors (Lipinski definition) is 5. The van der Waals surface area contributed by atoms with Crippen molar-refractivity contribution in [3.63, 3.8) is 0 Å². The Morgan fingerprint density at radius 2 is 1.58 bits per heavy atom. The van der Waals surface area contributed by atoms with Crippen molar-refractivity contribution in [3.05, 3.63) is 59.7 Å². The van der Waals surface area contributed by atoms with Gasteiger partial charge in [0.15, 0.2) is 5.60 Å². The van der Waals surface area contributed by atoms with Gasteiger partial charge in [0.1, 0.15) is 6.04 Å². The van der Waals surface area contributed by atoms with Crippen LogP contribution in [0.5, 0.6) is 0 Å². The lowest BCUT2D eigenvalue weighted by Crippen LogP contribution is -2.57. The summed E-state index contributed by atoms with van der Waals surface area (Å²) in [5, 5.41) is 19.7. The van der Waals surface area contributed by atoms with E-state index in [0.29, 0.717) is 35.2 Å². The number of aliphatic hydroxyl groups is 1. The van der Waals surface area contributed by atoms with Crippen LogP contribution >= 0.6 is 0 Å². The average Bonchev–Trinajstić information content (AvgIpc) is 3.41. The molecule has 6 N–H and O–H groups in total. The third-order valence-corrected chi connectivity index (χ3v) is 7.14. The summed E-state index contributed by atoms with van der Waals surface area (Å²) in [4.78, 5) is 63.4. The monoisotopic (exact) mass is 520 g/mol. The first-order valence-corrected chi connectivity index (χ1v) is 12.7. The van der Waals surface area contributed by atoms with Crippen molar-refractivity contribution < 1.29 is 29.1 Å². The number of nitrogens with two attached hydrogens (primary N) is 1. The molecular weight excluding hydrogens is 488 g/mol. The molecule has 0 unspecified atom stereocenters. The lowest BCUT2D eigenvalue weighted by molar-refractivity contribution is -0.141.